The molecule has 0 saturated heterocycles. The molecule has 30 heavy (non-hydrogen) atoms. The minimum absolute atomic E-state index is 0.00169. The number of benzene rings is 2. The molecule has 2 aromatic carbocycles. The van der Waals surface area contributed by atoms with Crippen LogP contribution in [-0.2, 0) is 12.6 Å². The number of aromatic nitrogens is 3. The molecule has 0 saturated carbocycles. The smallest absolute Gasteiger partial charge is 0.352 e. The van der Waals surface area contributed by atoms with Gasteiger partial charge < -0.3 is 5.32 Å². The Kier molecular flexibility index (Phi) is 6.06. The number of alkyl halides is 3. The van der Waals surface area contributed by atoms with Crippen LogP contribution in [-0.4, -0.2) is 27.2 Å². The van der Waals surface area contributed by atoms with Gasteiger partial charge in [-0.3, -0.25) is 14.6 Å². The molecule has 3 aromatic rings. The van der Waals surface area contributed by atoms with E-state index >= 15 is 0 Å². The zero-order valence-corrected chi connectivity index (χ0v) is 15.9. The second-order valence-electron chi connectivity index (χ2n) is 6.18. The number of hydrogen-bond acceptors (Lipinski definition) is 4. The van der Waals surface area contributed by atoms with Gasteiger partial charge in [-0.2, -0.15) is 23.0 Å². The highest BCUT2D eigenvalue weighted by Gasteiger charge is 2.32. The van der Waals surface area contributed by atoms with Crippen molar-refractivity contribution in [2.24, 2.45) is 0 Å². The van der Waals surface area contributed by atoms with E-state index in [4.69, 9.17) is 11.6 Å². The summed E-state index contributed by atoms with van der Waals surface area (Å²) >= 11 is 6.05. The summed E-state index contributed by atoms with van der Waals surface area (Å²) in [6, 6.07) is 9.18. The van der Waals surface area contributed by atoms with E-state index in [-0.39, 0.29) is 34.8 Å². The van der Waals surface area contributed by atoms with Crippen LogP contribution in [0.25, 0.3) is 5.69 Å². The Bertz CT molecular complexity index is 1200. The van der Waals surface area contributed by atoms with Crippen molar-refractivity contribution in [3.8, 4) is 5.69 Å². The van der Waals surface area contributed by atoms with Gasteiger partial charge in [-0.05, 0) is 36.2 Å². The summed E-state index contributed by atoms with van der Waals surface area (Å²) in [4.78, 5) is 37.5. The Morgan fingerprint density at radius 2 is 1.90 bits per heavy atom. The Morgan fingerprint density at radius 1 is 1.17 bits per heavy atom. The van der Waals surface area contributed by atoms with Crippen molar-refractivity contribution in [1.29, 1.82) is 0 Å². The lowest BCUT2D eigenvalue weighted by Gasteiger charge is -2.13. The first-order chi connectivity index (χ1) is 14.2. The van der Waals surface area contributed by atoms with Crippen molar-refractivity contribution >= 4 is 17.5 Å². The maximum absolute atomic E-state index is 13.1. The fourth-order valence-electron chi connectivity index (χ4n) is 2.78. The first-order valence-corrected chi connectivity index (χ1v) is 8.96. The molecule has 156 valence electrons. The van der Waals surface area contributed by atoms with Crippen LogP contribution in [0.15, 0.2) is 58.3 Å². The van der Waals surface area contributed by atoms with Gasteiger partial charge in [0.2, 0.25) is 0 Å². The lowest BCUT2D eigenvalue weighted by atomic mass is 10.0. The Morgan fingerprint density at radius 3 is 2.60 bits per heavy atom. The lowest BCUT2D eigenvalue weighted by Crippen LogP contribution is -2.31. The van der Waals surface area contributed by atoms with E-state index in [0.29, 0.717) is 0 Å². The number of hydrogen-bond donors (Lipinski definition) is 2. The molecule has 0 aliphatic rings. The Labute approximate surface area is 172 Å². The first-order valence-electron chi connectivity index (χ1n) is 8.58. The largest absolute Gasteiger partial charge is 0.416 e. The maximum Gasteiger partial charge on any atom is 0.416 e. The molecule has 0 fully saturated rings. The molecule has 11 heteroatoms. The van der Waals surface area contributed by atoms with Gasteiger partial charge in [0.15, 0.2) is 0 Å². The molecule has 0 unspecified atom stereocenters. The summed E-state index contributed by atoms with van der Waals surface area (Å²) in [6.07, 6.45) is -3.64. The van der Waals surface area contributed by atoms with E-state index in [9.17, 15) is 27.6 Å². The molecule has 3 rings (SSSR count). The van der Waals surface area contributed by atoms with Crippen LogP contribution in [0.4, 0.5) is 13.2 Å². The predicted molar refractivity (Wildman–Crippen MR) is 103 cm³/mol. The van der Waals surface area contributed by atoms with Crippen LogP contribution < -0.4 is 16.6 Å². The van der Waals surface area contributed by atoms with E-state index < -0.39 is 28.9 Å². The molecular weight excluding hydrogens is 425 g/mol. The molecule has 0 spiro atoms. The number of halogens is 4. The zero-order valence-electron chi connectivity index (χ0n) is 15.2. The number of carbonyl (C=O) groups is 1. The Hall–Kier alpha value is -3.40. The number of nitrogens with zero attached hydrogens (tertiary/aromatic N) is 2. The highest BCUT2D eigenvalue weighted by Crippen LogP contribution is 2.31. The zero-order chi connectivity index (χ0) is 21.9. The fraction of sp³-hybridized carbons (Fsp3) is 0.158. The van der Waals surface area contributed by atoms with Gasteiger partial charge in [-0.1, -0.05) is 29.8 Å². The van der Waals surface area contributed by atoms with Crippen LogP contribution in [0.5, 0.6) is 0 Å². The van der Waals surface area contributed by atoms with E-state index in [2.05, 4.69) is 10.4 Å². The average Bonchev–Trinajstić information content (AvgIpc) is 2.68. The molecule has 0 atom stereocenters. The third kappa shape index (κ3) is 4.77. The highest BCUT2D eigenvalue weighted by atomic mass is 35.5. The maximum atomic E-state index is 13.1. The second kappa shape index (κ2) is 8.54. The normalized spacial score (nSPS) is 11.3. The lowest BCUT2D eigenvalue weighted by molar-refractivity contribution is -0.138. The number of H-pyrrole nitrogens is 1. The van der Waals surface area contributed by atoms with Crippen LogP contribution in [0.2, 0.25) is 5.02 Å². The van der Waals surface area contributed by atoms with Gasteiger partial charge in [0.05, 0.1) is 21.8 Å². The highest BCUT2D eigenvalue weighted by molar-refractivity contribution is 6.33. The molecule has 0 radical (unpaired) electrons. The molecular formula is C19H14ClF3N4O3. The van der Waals surface area contributed by atoms with Crippen LogP contribution in [0.3, 0.4) is 0 Å². The predicted octanol–water partition coefficient (Wildman–Crippen LogP) is 2.57. The number of nitrogens with one attached hydrogen (secondary N) is 2. The minimum Gasteiger partial charge on any atom is -0.352 e. The van der Waals surface area contributed by atoms with Crippen LogP contribution in [0, 0.1) is 0 Å². The van der Waals surface area contributed by atoms with Gasteiger partial charge in [0, 0.05) is 6.54 Å². The van der Waals surface area contributed by atoms with Gasteiger partial charge >= 0.3 is 11.9 Å². The van der Waals surface area contributed by atoms with Gasteiger partial charge in [0.1, 0.15) is 6.20 Å². The summed E-state index contributed by atoms with van der Waals surface area (Å²) < 4.78 is 40.0. The minimum atomic E-state index is -4.49. The molecule has 7 nitrogen and oxygen atoms in total. The number of aromatic amines is 1. The van der Waals surface area contributed by atoms with E-state index in [1.165, 1.54) is 36.4 Å². The number of carbonyl (C=O) groups excluding carboxylic acids is 1. The number of rotatable bonds is 5. The molecule has 1 aromatic heterocycles. The topological polar surface area (TPSA) is 96.8 Å². The Balaban J connectivity index is 1.77. The quantitative estimate of drug-likeness (QED) is 0.640. The monoisotopic (exact) mass is 438 g/mol. The van der Waals surface area contributed by atoms with E-state index in [1.807, 2.05) is 4.98 Å². The summed E-state index contributed by atoms with van der Waals surface area (Å²) in [5.41, 5.74) is -2.02. The summed E-state index contributed by atoms with van der Waals surface area (Å²) in [5.74, 6) is -0.635. The third-order valence-corrected chi connectivity index (χ3v) is 4.48. The summed E-state index contributed by atoms with van der Waals surface area (Å²) in [7, 11) is 0. The van der Waals surface area contributed by atoms with Crippen LogP contribution >= 0.6 is 11.6 Å². The number of amides is 1. The molecule has 0 aliphatic heterocycles. The van der Waals surface area contributed by atoms with Crippen molar-refractivity contribution in [2.75, 3.05) is 6.54 Å². The van der Waals surface area contributed by atoms with E-state index in [1.54, 1.807) is 0 Å². The average molecular weight is 439 g/mol. The second-order valence-corrected chi connectivity index (χ2v) is 6.58. The van der Waals surface area contributed by atoms with Gasteiger partial charge in [-0.15, -0.1) is 0 Å². The summed E-state index contributed by atoms with van der Waals surface area (Å²) in [5, 5.41) is 6.28. The van der Waals surface area contributed by atoms with Crippen molar-refractivity contribution in [3.05, 3.63) is 91.2 Å². The molecule has 1 heterocycles. The van der Waals surface area contributed by atoms with Gasteiger partial charge in [-0.25, -0.2) is 4.79 Å². The SMILES string of the molecule is O=C(NCCc1ccccc1C(F)(F)F)c1cc(-n2ncc(=O)[nH]c2=O)ccc1Cl. The standard InChI is InChI=1S/C19H14ClF3N4O3/c20-15-6-5-12(27-18(30)26-16(28)10-25-27)9-13(15)17(29)24-8-7-11-3-1-2-4-14(11)19(21,22)23/h1-6,9-10H,7-8H2,(H,24,29)(H,26,28,30). The van der Waals surface area contributed by atoms with Crippen molar-refractivity contribution < 1.29 is 18.0 Å². The summed E-state index contributed by atoms with van der Waals surface area (Å²) in [6.45, 7) is -0.0661. The van der Waals surface area contributed by atoms with Gasteiger partial charge in [0.25, 0.3) is 11.5 Å². The van der Waals surface area contributed by atoms with E-state index in [0.717, 1.165) is 16.9 Å². The molecule has 0 bridgehead atoms. The molecule has 0 aliphatic carbocycles. The van der Waals surface area contributed by atoms with Crippen molar-refractivity contribution in [3.63, 3.8) is 0 Å². The molecule has 2 N–H and O–H groups in total. The van der Waals surface area contributed by atoms with Crippen LogP contribution in [0.1, 0.15) is 21.5 Å². The third-order valence-electron chi connectivity index (χ3n) is 4.15. The first kappa shape index (κ1) is 21.3. The van der Waals surface area contributed by atoms with Crippen molar-refractivity contribution in [2.45, 2.75) is 12.6 Å². The van der Waals surface area contributed by atoms with Crippen molar-refractivity contribution in [1.82, 2.24) is 20.1 Å². The molecule has 1 amide bonds. The fourth-order valence-corrected chi connectivity index (χ4v) is 2.98.